The molecule has 3 heteroatoms. The third kappa shape index (κ3) is 6.41. The van der Waals surface area contributed by atoms with Gasteiger partial charge in [0.15, 0.2) is 5.96 Å². The number of aryl methyl sites for hydroxylation is 1. The summed E-state index contributed by atoms with van der Waals surface area (Å²) < 4.78 is 0. The number of allylic oxidation sites excluding steroid dienone is 1. The second-order valence-corrected chi connectivity index (χ2v) is 4.92. The largest absolute Gasteiger partial charge is 0.356 e. The molecule has 0 saturated heterocycles. The van der Waals surface area contributed by atoms with Gasteiger partial charge in [0.25, 0.3) is 0 Å². The summed E-state index contributed by atoms with van der Waals surface area (Å²) in [6.07, 6.45) is 6.35. The van der Waals surface area contributed by atoms with Gasteiger partial charge in [-0.25, -0.2) is 0 Å². The summed E-state index contributed by atoms with van der Waals surface area (Å²) in [6, 6.07) is 10.6. The highest BCUT2D eigenvalue weighted by atomic mass is 15.3. The number of rotatable bonds is 8. The lowest BCUT2D eigenvalue weighted by molar-refractivity contribution is 0.469. The number of benzene rings is 1. The second-order valence-electron chi connectivity index (χ2n) is 4.92. The molecule has 0 unspecified atom stereocenters. The molecule has 3 nitrogen and oxygen atoms in total. The van der Waals surface area contributed by atoms with E-state index in [0.29, 0.717) is 0 Å². The van der Waals surface area contributed by atoms with Gasteiger partial charge in [-0.05, 0) is 31.2 Å². The van der Waals surface area contributed by atoms with Crippen LogP contribution in [0.3, 0.4) is 0 Å². The van der Waals surface area contributed by atoms with Crippen LogP contribution in [0, 0.1) is 0 Å². The molecule has 1 aromatic carbocycles. The Morgan fingerprint density at radius 2 is 2.05 bits per heavy atom. The van der Waals surface area contributed by atoms with E-state index < -0.39 is 0 Å². The zero-order chi connectivity index (χ0) is 14.6. The van der Waals surface area contributed by atoms with Crippen molar-refractivity contribution in [2.75, 3.05) is 27.2 Å². The van der Waals surface area contributed by atoms with Gasteiger partial charge in [0.1, 0.15) is 0 Å². The van der Waals surface area contributed by atoms with E-state index in [0.717, 1.165) is 44.7 Å². The Bertz CT molecular complexity index is 398. The highest BCUT2D eigenvalue weighted by molar-refractivity contribution is 5.79. The minimum atomic E-state index is 0.952. The molecule has 1 rings (SSSR count). The second kappa shape index (κ2) is 10.1. The van der Waals surface area contributed by atoms with Gasteiger partial charge in [-0.2, -0.15) is 0 Å². The smallest absolute Gasteiger partial charge is 0.193 e. The van der Waals surface area contributed by atoms with Crippen molar-refractivity contribution in [2.24, 2.45) is 4.99 Å². The maximum Gasteiger partial charge on any atom is 0.193 e. The number of aliphatic imine (C=N–C) groups is 1. The summed E-state index contributed by atoms with van der Waals surface area (Å²) in [5.41, 5.74) is 1.39. The van der Waals surface area contributed by atoms with E-state index in [1.54, 1.807) is 0 Å². The van der Waals surface area contributed by atoms with Crippen LogP contribution in [0.5, 0.6) is 0 Å². The van der Waals surface area contributed by atoms with Gasteiger partial charge in [-0.15, -0.1) is 6.58 Å². The molecule has 0 saturated carbocycles. The average Bonchev–Trinajstić information content (AvgIpc) is 2.48. The normalized spacial score (nSPS) is 11.2. The summed E-state index contributed by atoms with van der Waals surface area (Å²) >= 11 is 0. The van der Waals surface area contributed by atoms with E-state index in [1.807, 2.05) is 13.1 Å². The quantitative estimate of drug-likeness (QED) is 0.341. The molecular formula is C17H27N3. The molecule has 1 N–H and O–H groups in total. The third-order valence-corrected chi connectivity index (χ3v) is 3.24. The van der Waals surface area contributed by atoms with E-state index in [2.05, 4.69) is 59.2 Å². The van der Waals surface area contributed by atoms with Gasteiger partial charge >= 0.3 is 0 Å². The van der Waals surface area contributed by atoms with Crippen molar-refractivity contribution in [2.45, 2.75) is 25.7 Å². The minimum Gasteiger partial charge on any atom is -0.356 e. The number of nitrogens with zero attached hydrogens (tertiary/aromatic N) is 2. The van der Waals surface area contributed by atoms with Crippen LogP contribution in [-0.4, -0.2) is 38.0 Å². The van der Waals surface area contributed by atoms with Crippen LogP contribution < -0.4 is 5.32 Å². The third-order valence-electron chi connectivity index (χ3n) is 3.24. The molecule has 0 radical (unpaired) electrons. The Balaban J connectivity index is 2.22. The van der Waals surface area contributed by atoms with Crippen molar-refractivity contribution in [3.63, 3.8) is 0 Å². The van der Waals surface area contributed by atoms with E-state index in [9.17, 15) is 0 Å². The standard InChI is InChI=1S/C17H27N3/c1-4-5-9-15-20(3)17(18-2)19-14-10-13-16-11-7-6-8-12-16/h4,6-8,11-12H,1,5,9-10,13-15H2,2-3H3,(H,18,19). The molecule has 0 bridgehead atoms. The van der Waals surface area contributed by atoms with Crippen molar-refractivity contribution in [1.29, 1.82) is 0 Å². The maximum absolute atomic E-state index is 4.32. The fraction of sp³-hybridized carbons (Fsp3) is 0.471. The fourth-order valence-electron chi connectivity index (χ4n) is 2.10. The molecule has 0 atom stereocenters. The van der Waals surface area contributed by atoms with Gasteiger partial charge < -0.3 is 10.2 Å². The first kappa shape index (κ1) is 16.3. The van der Waals surface area contributed by atoms with Crippen molar-refractivity contribution in [3.8, 4) is 0 Å². The monoisotopic (exact) mass is 273 g/mol. The molecule has 110 valence electrons. The van der Waals surface area contributed by atoms with Gasteiger partial charge in [0, 0.05) is 27.2 Å². The van der Waals surface area contributed by atoms with Crippen molar-refractivity contribution >= 4 is 5.96 Å². The number of unbranched alkanes of at least 4 members (excludes halogenated alkanes) is 1. The first-order valence-corrected chi connectivity index (χ1v) is 7.34. The van der Waals surface area contributed by atoms with Crippen LogP contribution in [0.4, 0.5) is 0 Å². The Hall–Kier alpha value is -1.77. The van der Waals surface area contributed by atoms with Crippen LogP contribution in [-0.2, 0) is 6.42 Å². The first-order chi connectivity index (χ1) is 9.77. The van der Waals surface area contributed by atoms with Gasteiger partial charge in [0.2, 0.25) is 0 Å². The lowest BCUT2D eigenvalue weighted by Gasteiger charge is -2.21. The molecular weight excluding hydrogens is 246 g/mol. The van der Waals surface area contributed by atoms with Crippen molar-refractivity contribution in [3.05, 3.63) is 48.6 Å². The van der Waals surface area contributed by atoms with E-state index in [1.165, 1.54) is 5.56 Å². The lowest BCUT2D eigenvalue weighted by atomic mass is 10.1. The average molecular weight is 273 g/mol. The SMILES string of the molecule is C=CCCCN(C)C(=NC)NCCCc1ccccc1. The molecule has 0 amide bonds. The molecule has 0 heterocycles. The Morgan fingerprint density at radius 1 is 1.30 bits per heavy atom. The van der Waals surface area contributed by atoms with Gasteiger partial charge in [-0.1, -0.05) is 36.4 Å². The number of guanidine groups is 1. The molecule has 0 fully saturated rings. The summed E-state index contributed by atoms with van der Waals surface area (Å²) in [5, 5.41) is 3.42. The Kier molecular flexibility index (Phi) is 8.20. The molecule has 0 aliphatic heterocycles. The van der Waals surface area contributed by atoms with E-state index >= 15 is 0 Å². The predicted molar refractivity (Wildman–Crippen MR) is 88.2 cm³/mol. The minimum absolute atomic E-state index is 0.952. The fourth-order valence-corrected chi connectivity index (χ4v) is 2.10. The topological polar surface area (TPSA) is 27.6 Å². The zero-order valence-corrected chi connectivity index (χ0v) is 12.8. The van der Waals surface area contributed by atoms with Crippen LogP contribution in [0.1, 0.15) is 24.8 Å². The molecule has 20 heavy (non-hydrogen) atoms. The van der Waals surface area contributed by atoms with Crippen LogP contribution in [0.2, 0.25) is 0 Å². The van der Waals surface area contributed by atoms with Crippen molar-refractivity contribution < 1.29 is 0 Å². The van der Waals surface area contributed by atoms with Gasteiger partial charge in [0.05, 0.1) is 0 Å². The highest BCUT2D eigenvalue weighted by Gasteiger charge is 2.04. The molecule has 0 aliphatic rings. The van der Waals surface area contributed by atoms with E-state index in [-0.39, 0.29) is 0 Å². The molecule has 0 spiro atoms. The van der Waals surface area contributed by atoms with Crippen LogP contribution in [0.15, 0.2) is 48.0 Å². The molecule has 0 aromatic heterocycles. The summed E-state index contributed by atoms with van der Waals surface area (Å²) in [6.45, 7) is 5.70. The Morgan fingerprint density at radius 3 is 2.70 bits per heavy atom. The predicted octanol–water partition coefficient (Wildman–Crippen LogP) is 3.09. The highest BCUT2D eigenvalue weighted by Crippen LogP contribution is 2.01. The summed E-state index contributed by atoms with van der Waals surface area (Å²) in [5.74, 6) is 0.974. The summed E-state index contributed by atoms with van der Waals surface area (Å²) in [7, 11) is 3.92. The zero-order valence-electron chi connectivity index (χ0n) is 12.8. The Labute approximate surface area is 123 Å². The van der Waals surface area contributed by atoms with Crippen LogP contribution >= 0.6 is 0 Å². The van der Waals surface area contributed by atoms with E-state index in [4.69, 9.17) is 0 Å². The number of hydrogen-bond donors (Lipinski definition) is 1. The maximum atomic E-state index is 4.32. The number of hydrogen-bond acceptors (Lipinski definition) is 1. The summed E-state index contributed by atoms with van der Waals surface area (Å²) in [4.78, 5) is 6.49. The molecule has 1 aromatic rings. The lowest BCUT2D eigenvalue weighted by Crippen LogP contribution is -2.39. The molecule has 0 aliphatic carbocycles. The number of nitrogens with one attached hydrogen (secondary N) is 1. The first-order valence-electron chi connectivity index (χ1n) is 7.34. The van der Waals surface area contributed by atoms with Crippen LogP contribution in [0.25, 0.3) is 0 Å². The van der Waals surface area contributed by atoms with Gasteiger partial charge in [-0.3, -0.25) is 4.99 Å². The van der Waals surface area contributed by atoms with Crippen molar-refractivity contribution in [1.82, 2.24) is 10.2 Å².